The molecule has 2 aromatic rings. The molecule has 0 fully saturated rings. The van der Waals surface area contributed by atoms with Gasteiger partial charge in [0.2, 0.25) is 0 Å². The molecule has 0 saturated carbocycles. The summed E-state index contributed by atoms with van der Waals surface area (Å²) < 4.78 is 94.3. The van der Waals surface area contributed by atoms with Gasteiger partial charge in [0.25, 0.3) is 17.3 Å². The SMILES string of the molecule is O=C(Nc1c([N+](=O)[O-])cc([N+](=O)[O-])cc1C(F)(F)F)c1cccc(OC(F)(F)C(F)F)c1.[H-].[Li+]. The third kappa shape index (κ3) is 6.55. The van der Waals surface area contributed by atoms with Crippen LogP contribution in [0, 0.1) is 20.2 Å². The first kappa shape index (κ1) is 27.7. The maximum absolute atomic E-state index is 13.3. The van der Waals surface area contributed by atoms with Crippen LogP contribution in [0.4, 0.5) is 47.8 Å². The number of nitrogens with one attached hydrogen (secondary N) is 1. The van der Waals surface area contributed by atoms with Gasteiger partial charge in [-0.3, -0.25) is 25.0 Å². The van der Waals surface area contributed by atoms with Crippen molar-refractivity contribution in [1.82, 2.24) is 0 Å². The number of nitro groups is 2. The molecule has 9 nitrogen and oxygen atoms in total. The number of hydrogen-bond acceptors (Lipinski definition) is 6. The van der Waals surface area contributed by atoms with Crippen molar-refractivity contribution < 1.29 is 70.4 Å². The summed E-state index contributed by atoms with van der Waals surface area (Å²) in [4.78, 5) is 31.5. The summed E-state index contributed by atoms with van der Waals surface area (Å²) in [6.07, 6.45) is -14.6. The summed E-state index contributed by atoms with van der Waals surface area (Å²) in [6, 6.07) is 3.05. The fourth-order valence-electron chi connectivity index (χ4n) is 2.30. The zero-order valence-electron chi connectivity index (χ0n) is 17.0. The Kier molecular flexibility index (Phi) is 8.42. The van der Waals surface area contributed by atoms with E-state index in [0.29, 0.717) is 6.07 Å². The monoisotopic (exact) mass is 479 g/mol. The molecule has 0 radical (unpaired) electrons. The maximum atomic E-state index is 13.3. The van der Waals surface area contributed by atoms with Crippen LogP contribution in [0.5, 0.6) is 5.75 Å². The summed E-state index contributed by atoms with van der Waals surface area (Å²) >= 11 is 0. The van der Waals surface area contributed by atoms with E-state index < -0.39 is 68.4 Å². The molecule has 0 aromatic heterocycles. The minimum Gasteiger partial charge on any atom is -1.00 e. The van der Waals surface area contributed by atoms with Gasteiger partial charge in [-0.15, -0.1) is 0 Å². The fraction of sp³-hybridized carbons (Fsp3) is 0.188. The van der Waals surface area contributed by atoms with E-state index >= 15 is 0 Å². The Hall–Kier alpha value is -3.38. The largest absolute Gasteiger partial charge is 1.00 e. The number of nitro benzene ring substituents is 2. The van der Waals surface area contributed by atoms with Crippen LogP contribution in [0.2, 0.25) is 0 Å². The van der Waals surface area contributed by atoms with Gasteiger partial charge in [0.05, 0.1) is 21.5 Å². The van der Waals surface area contributed by atoms with Crippen molar-refractivity contribution in [2.45, 2.75) is 18.7 Å². The van der Waals surface area contributed by atoms with Crippen LogP contribution in [0.3, 0.4) is 0 Å². The second kappa shape index (κ2) is 10.0. The number of amides is 1. The van der Waals surface area contributed by atoms with Crippen LogP contribution in [0.15, 0.2) is 36.4 Å². The first-order valence-electron chi connectivity index (χ1n) is 7.94. The van der Waals surface area contributed by atoms with Gasteiger partial charge in [0.1, 0.15) is 11.4 Å². The van der Waals surface area contributed by atoms with E-state index in [0.717, 1.165) is 18.2 Å². The maximum Gasteiger partial charge on any atom is 1.00 e. The summed E-state index contributed by atoms with van der Waals surface area (Å²) in [5.41, 5.74) is -6.85. The minimum absolute atomic E-state index is 0. The summed E-state index contributed by atoms with van der Waals surface area (Å²) in [7, 11) is 0. The van der Waals surface area contributed by atoms with Gasteiger partial charge in [-0.2, -0.15) is 30.7 Å². The van der Waals surface area contributed by atoms with E-state index in [4.69, 9.17) is 0 Å². The number of rotatable bonds is 7. The molecule has 0 atom stereocenters. The molecule has 17 heteroatoms. The van der Waals surface area contributed by atoms with Crippen LogP contribution in [-0.4, -0.2) is 28.3 Å². The van der Waals surface area contributed by atoms with Crippen molar-refractivity contribution in [1.29, 1.82) is 0 Å². The smallest absolute Gasteiger partial charge is 1.00 e. The number of alkyl halides is 7. The van der Waals surface area contributed by atoms with Gasteiger partial charge < -0.3 is 11.5 Å². The third-order valence-electron chi connectivity index (χ3n) is 3.66. The quantitative estimate of drug-likeness (QED) is 0.281. The minimum atomic E-state index is -5.39. The van der Waals surface area contributed by atoms with Crippen LogP contribution < -0.4 is 28.9 Å². The molecule has 1 amide bonds. The summed E-state index contributed by atoms with van der Waals surface area (Å²) in [6.45, 7) is 0. The number of carbonyl (C=O) groups excluding carboxylic acids is 1. The predicted octanol–water partition coefficient (Wildman–Crippen LogP) is 2.13. The molecule has 33 heavy (non-hydrogen) atoms. The molecule has 1 N–H and O–H groups in total. The van der Waals surface area contributed by atoms with E-state index in [1.807, 2.05) is 0 Å². The number of ether oxygens (including phenoxy) is 1. The van der Waals surface area contributed by atoms with Gasteiger partial charge in [-0.1, -0.05) is 6.07 Å². The summed E-state index contributed by atoms with van der Waals surface area (Å²) in [5.74, 6) is -2.48. The Balaban J connectivity index is 0.00000544. The molecule has 0 saturated heterocycles. The van der Waals surface area contributed by atoms with Crippen LogP contribution >= 0.6 is 0 Å². The van der Waals surface area contributed by atoms with E-state index in [1.54, 1.807) is 5.32 Å². The van der Waals surface area contributed by atoms with E-state index in [1.165, 1.54) is 0 Å². The number of hydrogen-bond donors (Lipinski definition) is 1. The molecule has 174 valence electrons. The predicted molar refractivity (Wildman–Crippen MR) is 91.8 cm³/mol. The molecule has 0 aliphatic carbocycles. The van der Waals surface area contributed by atoms with Crippen LogP contribution in [-0.2, 0) is 6.18 Å². The van der Waals surface area contributed by atoms with Gasteiger partial charge in [0, 0.05) is 11.6 Å². The zero-order valence-corrected chi connectivity index (χ0v) is 16.0. The van der Waals surface area contributed by atoms with Crippen molar-refractivity contribution in [3.63, 3.8) is 0 Å². The number of non-ortho nitro benzene ring substituents is 1. The number of halogens is 7. The molecular formula is C16H9F7LiN3O6. The average molecular weight is 479 g/mol. The molecule has 0 bridgehead atoms. The Morgan fingerprint density at radius 3 is 2.12 bits per heavy atom. The first-order valence-corrected chi connectivity index (χ1v) is 7.94. The molecule has 0 aliphatic rings. The second-order valence-corrected chi connectivity index (χ2v) is 5.85. The standard InChI is InChI=1S/C16H8F7N3O6.Li.H/c17-14(18)16(22,23)32-9-3-1-2-7(4-9)13(27)24-12-10(15(19,20)21)5-8(25(28)29)6-11(12)26(30)31;;/h1-6,14H,(H,24,27);;/q;+1;-1. The average Bonchev–Trinajstić information content (AvgIpc) is 2.66. The van der Waals surface area contributed by atoms with Crippen molar-refractivity contribution in [3.05, 3.63) is 67.8 Å². The van der Waals surface area contributed by atoms with Crippen molar-refractivity contribution in [3.8, 4) is 5.75 Å². The molecule has 0 heterocycles. The number of benzene rings is 2. The number of carbonyl (C=O) groups is 1. The second-order valence-electron chi connectivity index (χ2n) is 5.85. The van der Waals surface area contributed by atoms with Crippen LogP contribution in [0.25, 0.3) is 0 Å². The Bertz CT molecular complexity index is 1090. The third-order valence-corrected chi connectivity index (χ3v) is 3.66. The fourth-order valence-corrected chi connectivity index (χ4v) is 2.30. The molecule has 2 aromatic carbocycles. The van der Waals surface area contributed by atoms with E-state index in [2.05, 4.69) is 4.74 Å². The number of nitrogens with zero attached hydrogens (tertiary/aromatic N) is 2. The molecule has 0 aliphatic heterocycles. The topological polar surface area (TPSA) is 125 Å². The Morgan fingerprint density at radius 1 is 1.03 bits per heavy atom. The van der Waals surface area contributed by atoms with Gasteiger partial charge >= 0.3 is 37.6 Å². The zero-order chi connectivity index (χ0) is 24.4. The number of anilines is 1. The van der Waals surface area contributed by atoms with E-state index in [-0.39, 0.29) is 32.4 Å². The van der Waals surface area contributed by atoms with Crippen LogP contribution in [0.1, 0.15) is 17.3 Å². The van der Waals surface area contributed by atoms with Gasteiger partial charge in [0.15, 0.2) is 0 Å². The van der Waals surface area contributed by atoms with Crippen molar-refractivity contribution in [2.75, 3.05) is 5.32 Å². The molecular weight excluding hydrogens is 470 g/mol. The van der Waals surface area contributed by atoms with Gasteiger partial charge in [-0.05, 0) is 18.2 Å². The van der Waals surface area contributed by atoms with E-state index in [9.17, 15) is 55.8 Å². The Morgan fingerprint density at radius 2 is 1.64 bits per heavy atom. The van der Waals surface area contributed by atoms with Crippen molar-refractivity contribution >= 4 is 23.0 Å². The Labute approximate surface area is 191 Å². The first-order chi connectivity index (χ1) is 14.6. The molecule has 0 unspecified atom stereocenters. The normalized spacial score (nSPS) is 11.5. The molecule has 2 rings (SSSR count). The molecule has 0 spiro atoms. The van der Waals surface area contributed by atoms with Crippen molar-refractivity contribution in [2.24, 2.45) is 0 Å². The summed E-state index contributed by atoms with van der Waals surface area (Å²) in [5, 5.41) is 23.5. The van der Waals surface area contributed by atoms with Gasteiger partial charge in [-0.25, -0.2) is 0 Å².